The standard InChI is InChI=1S/C25H28N2O5/c28-24-13-19-8-10-27(25(29)16-30-21-4-2-1-3-5-21)15-20(19)9-11-26(24)14-18-6-7-22-23(12-18)32-17-31-22/h1-7,12,19-20H,8-11,13-17H2/t19-,20-/m0/s1. The number of rotatable bonds is 5. The van der Waals surface area contributed by atoms with Crippen molar-refractivity contribution in [3.8, 4) is 17.2 Å². The second kappa shape index (κ2) is 9.10. The van der Waals surface area contributed by atoms with Crippen molar-refractivity contribution in [2.45, 2.75) is 25.8 Å². The van der Waals surface area contributed by atoms with Crippen LogP contribution in [0.1, 0.15) is 24.8 Å². The van der Waals surface area contributed by atoms with Crippen LogP contribution in [0.2, 0.25) is 0 Å². The van der Waals surface area contributed by atoms with E-state index < -0.39 is 0 Å². The van der Waals surface area contributed by atoms with E-state index in [0.29, 0.717) is 50.2 Å². The maximum Gasteiger partial charge on any atom is 0.260 e. The molecule has 0 spiro atoms. The Kier molecular flexibility index (Phi) is 5.88. The molecule has 5 rings (SSSR count). The van der Waals surface area contributed by atoms with Gasteiger partial charge in [0.15, 0.2) is 18.1 Å². The Morgan fingerprint density at radius 1 is 1.00 bits per heavy atom. The number of likely N-dealkylation sites (tertiary alicyclic amines) is 2. The van der Waals surface area contributed by atoms with Crippen LogP contribution in [0.3, 0.4) is 0 Å². The molecule has 0 N–H and O–H groups in total. The van der Waals surface area contributed by atoms with Crippen LogP contribution in [-0.2, 0) is 16.1 Å². The number of nitrogens with zero attached hydrogens (tertiary/aromatic N) is 2. The summed E-state index contributed by atoms with van der Waals surface area (Å²) in [5.41, 5.74) is 1.04. The van der Waals surface area contributed by atoms with Gasteiger partial charge in [0.2, 0.25) is 12.7 Å². The van der Waals surface area contributed by atoms with Gasteiger partial charge in [0.05, 0.1) is 0 Å². The lowest BCUT2D eigenvalue weighted by molar-refractivity contribution is -0.136. The first kappa shape index (κ1) is 20.7. The van der Waals surface area contributed by atoms with Crippen LogP contribution in [0.4, 0.5) is 0 Å². The molecule has 0 bridgehead atoms. The van der Waals surface area contributed by atoms with Gasteiger partial charge in [-0.15, -0.1) is 0 Å². The van der Waals surface area contributed by atoms with Crippen molar-refractivity contribution in [2.75, 3.05) is 33.0 Å². The van der Waals surface area contributed by atoms with E-state index in [-0.39, 0.29) is 25.2 Å². The lowest BCUT2D eigenvalue weighted by Crippen LogP contribution is -2.45. The Hall–Kier alpha value is -3.22. The molecule has 0 aliphatic carbocycles. The first-order chi connectivity index (χ1) is 15.7. The molecule has 2 fully saturated rings. The molecule has 2 atom stereocenters. The fourth-order valence-corrected chi connectivity index (χ4v) is 4.88. The number of benzene rings is 2. The van der Waals surface area contributed by atoms with Gasteiger partial charge < -0.3 is 24.0 Å². The molecule has 2 amide bonds. The van der Waals surface area contributed by atoms with Crippen molar-refractivity contribution in [2.24, 2.45) is 11.8 Å². The molecule has 2 aromatic carbocycles. The number of carbonyl (C=O) groups excluding carboxylic acids is 2. The average Bonchev–Trinajstić information content (AvgIpc) is 3.23. The van der Waals surface area contributed by atoms with E-state index >= 15 is 0 Å². The number of para-hydroxylation sites is 1. The maximum atomic E-state index is 13.0. The molecule has 7 heteroatoms. The summed E-state index contributed by atoms with van der Waals surface area (Å²) in [6, 6.07) is 15.3. The van der Waals surface area contributed by atoms with Crippen LogP contribution in [-0.4, -0.2) is 54.6 Å². The number of amides is 2. The largest absolute Gasteiger partial charge is 0.484 e. The second-order valence-electron chi connectivity index (χ2n) is 8.75. The Labute approximate surface area is 187 Å². The summed E-state index contributed by atoms with van der Waals surface area (Å²) >= 11 is 0. The van der Waals surface area contributed by atoms with E-state index in [0.717, 1.165) is 29.9 Å². The van der Waals surface area contributed by atoms with Crippen LogP contribution in [0.15, 0.2) is 48.5 Å². The zero-order valence-electron chi connectivity index (χ0n) is 18.1. The third-order valence-electron chi connectivity index (χ3n) is 6.72. The number of ether oxygens (including phenoxy) is 3. The van der Waals surface area contributed by atoms with Gasteiger partial charge in [-0.05, 0) is 54.5 Å². The highest BCUT2D eigenvalue weighted by molar-refractivity contribution is 5.78. The van der Waals surface area contributed by atoms with E-state index in [1.807, 2.05) is 58.3 Å². The van der Waals surface area contributed by atoms with Crippen molar-refractivity contribution in [3.63, 3.8) is 0 Å². The molecule has 3 aliphatic rings. The van der Waals surface area contributed by atoms with Gasteiger partial charge >= 0.3 is 0 Å². The van der Waals surface area contributed by atoms with Gasteiger partial charge in [-0.2, -0.15) is 0 Å². The highest BCUT2D eigenvalue weighted by atomic mass is 16.7. The van der Waals surface area contributed by atoms with Crippen LogP contribution in [0.5, 0.6) is 17.2 Å². The van der Waals surface area contributed by atoms with Crippen LogP contribution >= 0.6 is 0 Å². The molecule has 0 aromatic heterocycles. The minimum atomic E-state index is 0.0140. The second-order valence-corrected chi connectivity index (χ2v) is 8.75. The summed E-state index contributed by atoms with van der Waals surface area (Å²) in [5, 5.41) is 0. The molecule has 2 saturated heterocycles. The number of hydrogen-bond donors (Lipinski definition) is 0. The van der Waals surface area contributed by atoms with Crippen LogP contribution in [0.25, 0.3) is 0 Å². The Bertz CT molecular complexity index is 980. The van der Waals surface area contributed by atoms with Crippen molar-refractivity contribution >= 4 is 11.8 Å². The fraction of sp³-hybridized carbons (Fsp3) is 0.440. The van der Waals surface area contributed by atoms with Gasteiger partial charge in [-0.3, -0.25) is 9.59 Å². The lowest BCUT2D eigenvalue weighted by atomic mass is 9.82. The third kappa shape index (κ3) is 4.52. The Balaban J connectivity index is 1.17. The summed E-state index contributed by atoms with van der Waals surface area (Å²) in [4.78, 5) is 29.5. The van der Waals surface area contributed by atoms with Gasteiger partial charge in [-0.1, -0.05) is 24.3 Å². The number of fused-ring (bicyclic) bond motifs is 2. The van der Waals surface area contributed by atoms with E-state index in [2.05, 4.69) is 0 Å². The zero-order valence-corrected chi connectivity index (χ0v) is 18.1. The highest BCUT2D eigenvalue weighted by Crippen LogP contribution is 2.35. The monoisotopic (exact) mass is 436 g/mol. The smallest absolute Gasteiger partial charge is 0.260 e. The number of hydrogen-bond acceptors (Lipinski definition) is 5. The summed E-state index contributed by atoms with van der Waals surface area (Å²) in [5.74, 6) is 3.09. The molecule has 0 saturated carbocycles. The molecule has 0 unspecified atom stereocenters. The summed E-state index contributed by atoms with van der Waals surface area (Å²) in [6.45, 7) is 2.97. The number of carbonyl (C=O) groups is 2. The fourth-order valence-electron chi connectivity index (χ4n) is 4.88. The van der Waals surface area contributed by atoms with E-state index in [4.69, 9.17) is 14.2 Å². The van der Waals surface area contributed by atoms with Crippen molar-refractivity contribution in [1.82, 2.24) is 9.80 Å². The van der Waals surface area contributed by atoms with E-state index in [9.17, 15) is 9.59 Å². The van der Waals surface area contributed by atoms with Crippen LogP contribution < -0.4 is 14.2 Å². The van der Waals surface area contributed by atoms with Gasteiger partial charge in [0, 0.05) is 32.6 Å². The SMILES string of the molecule is O=C1C[C@@H]2CCN(C(=O)COc3ccccc3)C[C@@H]2CCN1Cc1ccc2c(c1)OCO2. The lowest BCUT2D eigenvalue weighted by Gasteiger charge is -2.37. The van der Waals surface area contributed by atoms with Crippen molar-refractivity contribution in [3.05, 3.63) is 54.1 Å². The predicted octanol–water partition coefficient (Wildman–Crippen LogP) is 3.08. The van der Waals surface area contributed by atoms with Crippen molar-refractivity contribution in [1.29, 1.82) is 0 Å². The quantitative estimate of drug-likeness (QED) is 0.721. The molecule has 0 radical (unpaired) electrons. The first-order valence-electron chi connectivity index (χ1n) is 11.3. The first-order valence-corrected chi connectivity index (χ1v) is 11.3. The predicted molar refractivity (Wildman–Crippen MR) is 117 cm³/mol. The summed E-state index contributed by atoms with van der Waals surface area (Å²) < 4.78 is 16.5. The van der Waals surface area contributed by atoms with Gasteiger partial charge in [0.25, 0.3) is 5.91 Å². The molecule has 2 aromatic rings. The summed E-state index contributed by atoms with van der Waals surface area (Å²) in [6.07, 6.45) is 2.33. The minimum absolute atomic E-state index is 0.0140. The van der Waals surface area contributed by atoms with Gasteiger partial charge in [-0.25, -0.2) is 0 Å². The van der Waals surface area contributed by atoms with E-state index in [1.165, 1.54) is 0 Å². The molecule has 168 valence electrons. The highest BCUT2D eigenvalue weighted by Gasteiger charge is 2.36. The molecule has 32 heavy (non-hydrogen) atoms. The minimum Gasteiger partial charge on any atom is -0.484 e. The zero-order chi connectivity index (χ0) is 21.9. The molecule has 7 nitrogen and oxygen atoms in total. The van der Waals surface area contributed by atoms with Gasteiger partial charge in [0.1, 0.15) is 5.75 Å². The van der Waals surface area contributed by atoms with Crippen LogP contribution in [0, 0.1) is 11.8 Å². The average molecular weight is 437 g/mol. The summed E-state index contributed by atoms with van der Waals surface area (Å²) in [7, 11) is 0. The Morgan fingerprint density at radius 3 is 2.69 bits per heavy atom. The third-order valence-corrected chi connectivity index (χ3v) is 6.72. The van der Waals surface area contributed by atoms with E-state index in [1.54, 1.807) is 0 Å². The van der Waals surface area contributed by atoms with Crippen molar-refractivity contribution < 1.29 is 23.8 Å². The topological polar surface area (TPSA) is 68.3 Å². The molecule has 3 aliphatic heterocycles. The molecular formula is C25H28N2O5. The maximum absolute atomic E-state index is 13.0. The molecule has 3 heterocycles. The normalized spacial score (nSPS) is 22.3. The number of piperidine rings is 1. The Morgan fingerprint density at radius 2 is 1.81 bits per heavy atom. The molecular weight excluding hydrogens is 408 g/mol.